The molecule has 1 unspecified atom stereocenters. The zero-order chi connectivity index (χ0) is 14.5. The molecule has 1 saturated carbocycles. The standard InChI is InChI=1S/C18H28N2O/c19-14-16-8-3-4-10-18(16)21-13-12-20-11-5-9-17(20)15-6-1-2-7-15/h3-4,8,10,15,17H,1-2,5-7,9,11-14,19H2. The number of hydrogen-bond donors (Lipinski definition) is 1. The maximum Gasteiger partial charge on any atom is 0.123 e. The minimum absolute atomic E-state index is 0.546. The van der Waals surface area contributed by atoms with Crippen molar-refractivity contribution in [3.8, 4) is 5.75 Å². The lowest BCUT2D eigenvalue weighted by molar-refractivity contribution is 0.158. The normalized spacial score (nSPS) is 23.8. The van der Waals surface area contributed by atoms with E-state index in [1.807, 2.05) is 24.3 Å². The molecule has 1 saturated heterocycles. The molecule has 1 aromatic carbocycles. The van der Waals surface area contributed by atoms with E-state index in [2.05, 4.69) is 4.90 Å². The van der Waals surface area contributed by atoms with Gasteiger partial charge in [-0.25, -0.2) is 0 Å². The molecule has 0 spiro atoms. The van der Waals surface area contributed by atoms with Crippen molar-refractivity contribution >= 4 is 0 Å². The Morgan fingerprint density at radius 2 is 1.90 bits per heavy atom. The van der Waals surface area contributed by atoms with E-state index in [0.717, 1.165) is 36.4 Å². The molecule has 2 aliphatic rings. The van der Waals surface area contributed by atoms with E-state index in [9.17, 15) is 0 Å². The highest BCUT2D eigenvalue weighted by Crippen LogP contribution is 2.35. The number of para-hydroxylation sites is 1. The van der Waals surface area contributed by atoms with Crippen LogP contribution in [0.2, 0.25) is 0 Å². The van der Waals surface area contributed by atoms with Crippen LogP contribution in [0.15, 0.2) is 24.3 Å². The number of nitrogens with zero attached hydrogens (tertiary/aromatic N) is 1. The van der Waals surface area contributed by atoms with Gasteiger partial charge >= 0.3 is 0 Å². The highest BCUT2D eigenvalue weighted by atomic mass is 16.5. The molecule has 3 rings (SSSR count). The topological polar surface area (TPSA) is 38.5 Å². The molecule has 3 heteroatoms. The number of ether oxygens (including phenoxy) is 1. The summed E-state index contributed by atoms with van der Waals surface area (Å²) in [6, 6.07) is 8.94. The summed E-state index contributed by atoms with van der Waals surface area (Å²) in [6.45, 7) is 3.63. The van der Waals surface area contributed by atoms with Gasteiger partial charge in [0.25, 0.3) is 0 Å². The second kappa shape index (κ2) is 7.28. The summed E-state index contributed by atoms with van der Waals surface area (Å²) in [7, 11) is 0. The predicted molar refractivity (Wildman–Crippen MR) is 86.4 cm³/mol. The zero-order valence-electron chi connectivity index (χ0n) is 13.0. The minimum atomic E-state index is 0.546. The minimum Gasteiger partial charge on any atom is -0.492 e. The first-order valence-corrected chi connectivity index (χ1v) is 8.53. The van der Waals surface area contributed by atoms with Crippen LogP contribution < -0.4 is 10.5 Å². The van der Waals surface area contributed by atoms with Gasteiger partial charge in [0.1, 0.15) is 12.4 Å². The Labute approximate surface area is 128 Å². The molecule has 1 aromatic rings. The van der Waals surface area contributed by atoms with Gasteiger partial charge in [-0.15, -0.1) is 0 Å². The number of nitrogens with two attached hydrogens (primary N) is 1. The van der Waals surface area contributed by atoms with Crippen LogP contribution in [0.1, 0.15) is 44.1 Å². The van der Waals surface area contributed by atoms with Crippen LogP contribution >= 0.6 is 0 Å². The first kappa shape index (κ1) is 14.9. The van der Waals surface area contributed by atoms with Crippen molar-refractivity contribution in [1.82, 2.24) is 4.90 Å². The number of benzene rings is 1. The molecule has 1 aliphatic carbocycles. The van der Waals surface area contributed by atoms with Gasteiger partial charge in [0.05, 0.1) is 0 Å². The molecule has 1 aliphatic heterocycles. The molecule has 0 amide bonds. The Morgan fingerprint density at radius 3 is 2.71 bits per heavy atom. The lowest BCUT2D eigenvalue weighted by atomic mass is 9.96. The van der Waals surface area contributed by atoms with Gasteiger partial charge in [-0.1, -0.05) is 31.0 Å². The lowest BCUT2D eigenvalue weighted by Crippen LogP contribution is -2.37. The molecule has 0 bridgehead atoms. The molecule has 1 heterocycles. The van der Waals surface area contributed by atoms with E-state index in [0.29, 0.717) is 6.54 Å². The summed E-state index contributed by atoms with van der Waals surface area (Å²) in [4.78, 5) is 2.67. The Kier molecular flexibility index (Phi) is 5.15. The zero-order valence-corrected chi connectivity index (χ0v) is 13.0. The summed E-state index contributed by atoms with van der Waals surface area (Å²) < 4.78 is 5.98. The Bertz CT molecular complexity index is 443. The molecule has 2 fully saturated rings. The van der Waals surface area contributed by atoms with Gasteiger partial charge in [0.2, 0.25) is 0 Å². The average molecular weight is 288 g/mol. The first-order valence-electron chi connectivity index (χ1n) is 8.53. The first-order chi connectivity index (χ1) is 10.4. The van der Waals surface area contributed by atoms with E-state index in [4.69, 9.17) is 10.5 Å². The van der Waals surface area contributed by atoms with Gasteiger partial charge < -0.3 is 10.5 Å². The van der Waals surface area contributed by atoms with Crippen molar-refractivity contribution in [3.63, 3.8) is 0 Å². The third-order valence-corrected chi connectivity index (χ3v) is 5.19. The quantitative estimate of drug-likeness (QED) is 0.873. The summed E-state index contributed by atoms with van der Waals surface area (Å²) in [5.74, 6) is 1.90. The maximum absolute atomic E-state index is 5.98. The monoisotopic (exact) mass is 288 g/mol. The second-order valence-electron chi connectivity index (χ2n) is 6.45. The van der Waals surface area contributed by atoms with Crippen molar-refractivity contribution in [1.29, 1.82) is 0 Å². The molecular weight excluding hydrogens is 260 g/mol. The largest absolute Gasteiger partial charge is 0.492 e. The van der Waals surface area contributed by atoms with Crippen LogP contribution in [0.25, 0.3) is 0 Å². The summed E-state index contributed by atoms with van der Waals surface area (Å²) in [5, 5.41) is 0. The van der Waals surface area contributed by atoms with Gasteiger partial charge in [0, 0.05) is 24.7 Å². The predicted octanol–water partition coefficient (Wildman–Crippen LogP) is 3.18. The third kappa shape index (κ3) is 3.58. The van der Waals surface area contributed by atoms with Crippen LogP contribution in [0.5, 0.6) is 5.75 Å². The summed E-state index contributed by atoms with van der Waals surface area (Å²) in [6.07, 6.45) is 8.52. The van der Waals surface area contributed by atoms with Gasteiger partial charge in [0.15, 0.2) is 0 Å². The molecule has 2 N–H and O–H groups in total. The molecule has 0 aromatic heterocycles. The SMILES string of the molecule is NCc1ccccc1OCCN1CCCC1C1CCCC1. The average Bonchev–Trinajstić information content (AvgIpc) is 3.18. The van der Waals surface area contributed by atoms with Crippen molar-refractivity contribution in [3.05, 3.63) is 29.8 Å². The maximum atomic E-state index is 5.98. The molecule has 0 radical (unpaired) electrons. The van der Waals surface area contributed by atoms with Gasteiger partial charge in [-0.2, -0.15) is 0 Å². The van der Waals surface area contributed by atoms with Crippen LogP contribution in [0, 0.1) is 5.92 Å². The van der Waals surface area contributed by atoms with Crippen LogP contribution in [-0.2, 0) is 6.54 Å². The van der Waals surface area contributed by atoms with Crippen LogP contribution in [-0.4, -0.2) is 30.6 Å². The van der Waals surface area contributed by atoms with E-state index in [1.165, 1.54) is 45.1 Å². The fraction of sp³-hybridized carbons (Fsp3) is 0.667. The van der Waals surface area contributed by atoms with Crippen molar-refractivity contribution in [2.45, 2.75) is 51.1 Å². The fourth-order valence-electron chi connectivity index (χ4n) is 4.09. The molecule has 1 atom stereocenters. The smallest absolute Gasteiger partial charge is 0.123 e. The fourth-order valence-corrected chi connectivity index (χ4v) is 4.09. The number of hydrogen-bond acceptors (Lipinski definition) is 3. The van der Waals surface area contributed by atoms with E-state index >= 15 is 0 Å². The lowest BCUT2D eigenvalue weighted by Gasteiger charge is -2.29. The van der Waals surface area contributed by atoms with E-state index in [-0.39, 0.29) is 0 Å². The highest BCUT2D eigenvalue weighted by Gasteiger charge is 2.32. The third-order valence-electron chi connectivity index (χ3n) is 5.19. The number of likely N-dealkylation sites (tertiary alicyclic amines) is 1. The van der Waals surface area contributed by atoms with Crippen LogP contribution in [0.3, 0.4) is 0 Å². The van der Waals surface area contributed by atoms with Crippen molar-refractivity contribution in [2.75, 3.05) is 19.7 Å². The second-order valence-corrected chi connectivity index (χ2v) is 6.45. The highest BCUT2D eigenvalue weighted by molar-refractivity contribution is 5.32. The summed E-state index contributed by atoms with van der Waals surface area (Å²) in [5.41, 5.74) is 6.86. The van der Waals surface area contributed by atoms with Gasteiger partial charge in [-0.3, -0.25) is 4.90 Å². The molecule has 116 valence electrons. The van der Waals surface area contributed by atoms with E-state index < -0.39 is 0 Å². The Balaban J connectivity index is 1.50. The Morgan fingerprint density at radius 1 is 1.10 bits per heavy atom. The Hall–Kier alpha value is -1.06. The molecular formula is C18H28N2O. The van der Waals surface area contributed by atoms with Crippen LogP contribution in [0.4, 0.5) is 0 Å². The number of rotatable bonds is 6. The van der Waals surface area contributed by atoms with Crippen molar-refractivity contribution in [2.24, 2.45) is 11.7 Å². The van der Waals surface area contributed by atoms with E-state index in [1.54, 1.807) is 0 Å². The molecule has 21 heavy (non-hydrogen) atoms. The van der Waals surface area contributed by atoms with Gasteiger partial charge in [-0.05, 0) is 44.2 Å². The molecule has 3 nitrogen and oxygen atoms in total. The van der Waals surface area contributed by atoms with Crippen molar-refractivity contribution < 1.29 is 4.74 Å². The summed E-state index contributed by atoms with van der Waals surface area (Å²) >= 11 is 0.